The molecule has 1 rings (SSSR count). The molecule has 110 valence electrons. The van der Waals surface area contributed by atoms with E-state index in [4.69, 9.17) is 5.73 Å². The van der Waals surface area contributed by atoms with Gasteiger partial charge in [-0.15, -0.1) is 0 Å². The second kappa shape index (κ2) is 7.04. The predicted molar refractivity (Wildman–Crippen MR) is 76.3 cm³/mol. The van der Waals surface area contributed by atoms with Crippen molar-refractivity contribution in [1.82, 2.24) is 14.6 Å². The molecule has 0 fully saturated rings. The number of hydrogen-bond acceptors (Lipinski definition) is 4. The molecular weight excluding hydrogens is 264 g/mol. The van der Waals surface area contributed by atoms with Crippen molar-refractivity contribution >= 4 is 10.0 Å². The van der Waals surface area contributed by atoms with Gasteiger partial charge in [0.05, 0.1) is 4.90 Å². The van der Waals surface area contributed by atoms with Gasteiger partial charge in [-0.25, -0.2) is 13.1 Å². The van der Waals surface area contributed by atoms with E-state index in [1.807, 2.05) is 6.92 Å². The second-order valence-electron chi connectivity index (χ2n) is 4.57. The maximum absolute atomic E-state index is 12.1. The van der Waals surface area contributed by atoms with Crippen molar-refractivity contribution in [2.45, 2.75) is 38.3 Å². The van der Waals surface area contributed by atoms with Crippen LogP contribution in [0.15, 0.2) is 17.2 Å². The summed E-state index contributed by atoms with van der Waals surface area (Å²) in [6.07, 6.45) is 1.47. The summed E-state index contributed by atoms with van der Waals surface area (Å²) in [5.74, 6) is 0. The first kappa shape index (κ1) is 16.2. The summed E-state index contributed by atoms with van der Waals surface area (Å²) in [5, 5.41) is 0. The molecule has 0 bridgehead atoms. The lowest BCUT2D eigenvalue weighted by atomic mass is 10.3. The van der Waals surface area contributed by atoms with Gasteiger partial charge in [0.25, 0.3) is 0 Å². The van der Waals surface area contributed by atoms with Crippen LogP contribution >= 0.6 is 0 Å². The summed E-state index contributed by atoms with van der Waals surface area (Å²) in [5.41, 5.74) is 6.16. The fourth-order valence-corrected chi connectivity index (χ4v) is 3.18. The van der Waals surface area contributed by atoms with Crippen LogP contribution in [0.25, 0.3) is 0 Å². The van der Waals surface area contributed by atoms with Gasteiger partial charge in [0.1, 0.15) is 0 Å². The molecule has 0 aliphatic carbocycles. The van der Waals surface area contributed by atoms with Gasteiger partial charge >= 0.3 is 0 Å². The minimum atomic E-state index is -3.47. The van der Waals surface area contributed by atoms with Gasteiger partial charge in [-0.1, -0.05) is 13.8 Å². The van der Waals surface area contributed by atoms with Crippen molar-refractivity contribution in [3.63, 3.8) is 0 Å². The number of nitrogens with zero attached hydrogens (tertiary/aromatic N) is 1. The summed E-state index contributed by atoms with van der Waals surface area (Å²) in [6, 6.07) is 1.42. The van der Waals surface area contributed by atoms with Crippen LogP contribution in [0.4, 0.5) is 0 Å². The van der Waals surface area contributed by atoms with Gasteiger partial charge in [0.2, 0.25) is 10.0 Å². The summed E-state index contributed by atoms with van der Waals surface area (Å²) < 4.78 is 27.0. The lowest BCUT2D eigenvalue weighted by molar-refractivity contribution is 0.282. The van der Waals surface area contributed by atoms with E-state index in [1.165, 1.54) is 6.20 Å². The highest BCUT2D eigenvalue weighted by atomic mass is 32.2. The third kappa shape index (κ3) is 4.61. The monoisotopic (exact) mass is 288 g/mol. The molecule has 1 aromatic heterocycles. The molecule has 0 aliphatic rings. The van der Waals surface area contributed by atoms with Crippen LogP contribution in [0.3, 0.4) is 0 Å². The predicted octanol–water partition coefficient (Wildman–Crippen LogP) is 0.482. The van der Waals surface area contributed by atoms with Gasteiger partial charge in [0.15, 0.2) is 0 Å². The molecular formula is C12H24N4O2S. The van der Waals surface area contributed by atoms with Crippen molar-refractivity contribution in [2.75, 3.05) is 19.6 Å². The van der Waals surface area contributed by atoms with Crippen molar-refractivity contribution < 1.29 is 8.42 Å². The van der Waals surface area contributed by atoms with Gasteiger partial charge in [0, 0.05) is 31.0 Å². The Labute approximate surface area is 115 Å². The molecule has 4 N–H and O–H groups in total. The molecule has 0 aromatic carbocycles. The topological polar surface area (TPSA) is 91.2 Å². The van der Waals surface area contributed by atoms with Crippen molar-refractivity contribution in [3.05, 3.63) is 18.0 Å². The van der Waals surface area contributed by atoms with Gasteiger partial charge in [-0.2, -0.15) is 0 Å². The van der Waals surface area contributed by atoms with E-state index in [0.29, 0.717) is 18.8 Å². The van der Waals surface area contributed by atoms with E-state index in [1.54, 1.807) is 6.07 Å². The summed E-state index contributed by atoms with van der Waals surface area (Å²) in [4.78, 5) is 5.26. The van der Waals surface area contributed by atoms with Crippen LogP contribution in [0.5, 0.6) is 0 Å². The van der Waals surface area contributed by atoms with Gasteiger partial charge in [-0.3, -0.25) is 0 Å². The molecule has 1 aromatic rings. The van der Waals surface area contributed by atoms with E-state index in [9.17, 15) is 8.42 Å². The number of nitrogens with one attached hydrogen (secondary N) is 2. The molecule has 7 heteroatoms. The first-order valence-corrected chi connectivity index (χ1v) is 8.03. The third-order valence-corrected chi connectivity index (χ3v) is 4.60. The van der Waals surface area contributed by atoms with E-state index in [2.05, 4.69) is 28.5 Å². The zero-order valence-electron chi connectivity index (χ0n) is 11.8. The molecule has 6 nitrogen and oxygen atoms in total. The molecule has 0 amide bonds. The fourth-order valence-electron chi connectivity index (χ4n) is 1.93. The molecule has 0 spiro atoms. The Kier molecular flexibility index (Phi) is 5.99. The van der Waals surface area contributed by atoms with Crippen LogP contribution in [-0.2, 0) is 16.6 Å². The summed E-state index contributed by atoms with van der Waals surface area (Å²) in [6.45, 7) is 8.79. The molecule has 1 unspecified atom stereocenters. The Balaban J connectivity index is 2.68. The minimum Gasteiger partial charge on any atom is -0.363 e. The van der Waals surface area contributed by atoms with E-state index in [-0.39, 0.29) is 10.9 Å². The Morgan fingerprint density at radius 1 is 1.42 bits per heavy atom. The maximum Gasteiger partial charge on any atom is 0.242 e. The molecule has 0 saturated carbocycles. The van der Waals surface area contributed by atoms with Crippen LogP contribution in [0.1, 0.15) is 26.5 Å². The fraction of sp³-hybridized carbons (Fsp3) is 0.667. The minimum absolute atomic E-state index is 0.138. The third-order valence-electron chi connectivity index (χ3n) is 3.03. The molecule has 0 aliphatic heterocycles. The number of H-pyrrole nitrogens is 1. The number of rotatable bonds is 8. The Morgan fingerprint density at radius 2 is 2.05 bits per heavy atom. The summed E-state index contributed by atoms with van der Waals surface area (Å²) in [7, 11) is -3.47. The quantitative estimate of drug-likeness (QED) is 0.649. The smallest absolute Gasteiger partial charge is 0.242 e. The highest BCUT2D eigenvalue weighted by Gasteiger charge is 2.19. The van der Waals surface area contributed by atoms with Crippen LogP contribution < -0.4 is 10.5 Å². The lowest BCUT2D eigenvalue weighted by Crippen LogP contribution is -2.41. The van der Waals surface area contributed by atoms with Crippen LogP contribution in [0, 0.1) is 0 Å². The number of nitrogens with two attached hydrogens (primary N) is 1. The van der Waals surface area contributed by atoms with Crippen molar-refractivity contribution in [1.29, 1.82) is 0 Å². The molecule has 0 radical (unpaired) electrons. The van der Waals surface area contributed by atoms with Crippen molar-refractivity contribution in [2.24, 2.45) is 5.73 Å². The molecule has 19 heavy (non-hydrogen) atoms. The SMILES string of the molecule is CCN(CC)CC(C)NS(=O)(=O)c1c[nH]c(CN)c1. The highest BCUT2D eigenvalue weighted by Crippen LogP contribution is 2.11. The highest BCUT2D eigenvalue weighted by molar-refractivity contribution is 7.89. The number of sulfonamides is 1. The first-order valence-electron chi connectivity index (χ1n) is 6.55. The maximum atomic E-state index is 12.1. The standard InChI is InChI=1S/C12H24N4O2S/c1-4-16(5-2)9-10(3)15-19(17,18)12-6-11(7-13)14-8-12/h6,8,10,14-15H,4-5,7,9,13H2,1-3H3. The largest absolute Gasteiger partial charge is 0.363 e. The number of aromatic nitrogens is 1. The number of hydrogen-bond donors (Lipinski definition) is 3. The number of aromatic amines is 1. The zero-order valence-corrected chi connectivity index (χ0v) is 12.6. The van der Waals surface area contributed by atoms with Gasteiger partial charge in [-0.05, 0) is 26.1 Å². The Bertz CT molecular complexity index is 480. The second-order valence-corrected chi connectivity index (χ2v) is 6.29. The first-order chi connectivity index (χ1) is 8.92. The Morgan fingerprint density at radius 3 is 2.53 bits per heavy atom. The number of likely N-dealkylation sites (N-methyl/N-ethyl adjacent to an activating group) is 1. The van der Waals surface area contributed by atoms with E-state index >= 15 is 0 Å². The lowest BCUT2D eigenvalue weighted by Gasteiger charge is -2.23. The van der Waals surface area contributed by atoms with Crippen molar-refractivity contribution in [3.8, 4) is 0 Å². The average Bonchev–Trinajstić information content (AvgIpc) is 2.84. The van der Waals surface area contributed by atoms with Crippen LogP contribution in [-0.4, -0.2) is 44.0 Å². The molecule has 0 saturated heterocycles. The normalized spacial score (nSPS) is 13.9. The molecule has 1 heterocycles. The average molecular weight is 288 g/mol. The Hall–Kier alpha value is -0.890. The molecule has 1 atom stereocenters. The van der Waals surface area contributed by atoms with E-state index < -0.39 is 10.0 Å². The van der Waals surface area contributed by atoms with Gasteiger partial charge < -0.3 is 15.6 Å². The van der Waals surface area contributed by atoms with Crippen LogP contribution in [0.2, 0.25) is 0 Å². The summed E-state index contributed by atoms with van der Waals surface area (Å²) >= 11 is 0. The zero-order chi connectivity index (χ0) is 14.5. The van der Waals surface area contributed by atoms with E-state index in [0.717, 1.165) is 13.1 Å².